The first kappa shape index (κ1) is 17.9. The number of likely N-dealkylation sites (tertiary alicyclic amines) is 1. The van der Waals surface area contributed by atoms with Crippen molar-refractivity contribution in [2.24, 2.45) is 0 Å². The minimum Gasteiger partial charge on any atom is -0.464 e. The zero-order valence-corrected chi connectivity index (χ0v) is 16.9. The molecule has 4 heterocycles. The van der Waals surface area contributed by atoms with Gasteiger partial charge in [-0.3, -0.25) is 0 Å². The SMILES string of the molecule is Cc1ccc2occ(C3CCN(CCc4nnc5n4CCCCC5)CC3)c2c1. The number of benzene rings is 1. The molecule has 2 aliphatic heterocycles. The molecule has 1 fully saturated rings. The summed E-state index contributed by atoms with van der Waals surface area (Å²) in [7, 11) is 0. The lowest BCUT2D eigenvalue weighted by molar-refractivity contribution is 0.213. The average Bonchev–Trinajstić information content (AvgIpc) is 3.22. The molecular weight excluding hydrogens is 348 g/mol. The van der Waals surface area contributed by atoms with Gasteiger partial charge in [0.05, 0.1) is 6.26 Å². The van der Waals surface area contributed by atoms with E-state index in [0.29, 0.717) is 5.92 Å². The average molecular weight is 379 g/mol. The van der Waals surface area contributed by atoms with Gasteiger partial charge in [-0.2, -0.15) is 0 Å². The molecule has 0 spiro atoms. The molecule has 1 aromatic carbocycles. The van der Waals surface area contributed by atoms with Crippen molar-refractivity contribution < 1.29 is 4.42 Å². The summed E-state index contributed by atoms with van der Waals surface area (Å²) in [6.45, 7) is 6.67. The lowest BCUT2D eigenvalue weighted by Crippen LogP contribution is -2.34. The minimum atomic E-state index is 0.615. The number of nitrogens with zero attached hydrogens (tertiary/aromatic N) is 4. The second-order valence-corrected chi connectivity index (χ2v) is 8.55. The van der Waals surface area contributed by atoms with Crippen LogP contribution in [0.5, 0.6) is 0 Å². The molecule has 0 unspecified atom stereocenters. The first-order valence-electron chi connectivity index (χ1n) is 10.9. The van der Waals surface area contributed by atoms with Crippen LogP contribution >= 0.6 is 0 Å². The molecule has 5 rings (SSSR count). The molecule has 0 atom stereocenters. The van der Waals surface area contributed by atoms with Crippen LogP contribution in [0.15, 0.2) is 28.9 Å². The van der Waals surface area contributed by atoms with Crippen molar-refractivity contribution in [3.05, 3.63) is 47.2 Å². The van der Waals surface area contributed by atoms with Gasteiger partial charge in [-0.05, 0) is 63.7 Å². The number of furan rings is 1. The van der Waals surface area contributed by atoms with Gasteiger partial charge in [0.2, 0.25) is 0 Å². The number of hydrogen-bond donors (Lipinski definition) is 0. The van der Waals surface area contributed by atoms with Gasteiger partial charge in [-0.1, -0.05) is 18.1 Å². The van der Waals surface area contributed by atoms with Gasteiger partial charge in [0.15, 0.2) is 0 Å². The Kier molecular flexibility index (Phi) is 4.93. The Morgan fingerprint density at radius 3 is 2.86 bits per heavy atom. The minimum absolute atomic E-state index is 0.615. The number of rotatable bonds is 4. The highest BCUT2D eigenvalue weighted by molar-refractivity contribution is 5.82. The Bertz CT molecular complexity index is 949. The molecule has 0 amide bonds. The van der Waals surface area contributed by atoms with Crippen molar-refractivity contribution in [2.45, 2.75) is 64.3 Å². The summed E-state index contributed by atoms with van der Waals surface area (Å²) in [6.07, 6.45) is 10.4. The normalized spacial score (nSPS) is 19.0. The fraction of sp³-hybridized carbons (Fsp3) is 0.565. The van der Waals surface area contributed by atoms with Crippen molar-refractivity contribution in [3.8, 4) is 0 Å². The zero-order chi connectivity index (χ0) is 18.9. The largest absolute Gasteiger partial charge is 0.464 e. The van der Waals surface area contributed by atoms with Crippen LogP contribution in [0, 0.1) is 6.92 Å². The molecule has 0 radical (unpaired) electrons. The predicted octanol–water partition coefficient (Wildman–Crippen LogP) is 4.48. The van der Waals surface area contributed by atoms with Gasteiger partial charge in [-0.15, -0.1) is 10.2 Å². The van der Waals surface area contributed by atoms with E-state index in [2.05, 4.69) is 44.8 Å². The van der Waals surface area contributed by atoms with Crippen molar-refractivity contribution in [1.29, 1.82) is 0 Å². The number of piperidine rings is 1. The van der Waals surface area contributed by atoms with Gasteiger partial charge >= 0.3 is 0 Å². The first-order valence-corrected chi connectivity index (χ1v) is 10.9. The second kappa shape index (κ2) is 7.70. The van der Waals surface area contributed by atoms with Crippen LogP contribution in [-0.2, 0) is 19.4 Å². The molecule has 0 N–H and O–H groups in total. The molecule has 148 valence electrons. The summed E-state index contributed by atoms with van der Waals surface area (Å²) in [4.78, 5) is 2.60. The van der Waals surface area contributed by atoms with E-state index in [1.807, 2.05) is 6.26 Å². The second-order valence-electron chi connectivity index (χ2n) is 8.55. The van der Waals surface area contributed by atoms with Crippen LogP contribution in [0.4, 0.5) is 0 Å². The van der Waals surface area contributed by atoms with Crippen LogP contribution in [-0.4, -0.2) is 39.3 Å². The molecule has 3 aromatic rings. The third-order valence-electron chi connectivity index (χ3n) is 6.62. The van der Waals surface area contributed by atoms with Crippen LogP contribution in [0.1, 0.15) is 60.8 Å². The van der Waals surface area contributed by atoms with E-state index >= 15 is 0 Å². The van der Waals surface area contributed by atoms with E-state index in [1.165, 1.54) is 60.3 Å². The molecule has 0 aliphatic carbocycles. The quantitative estimate of drug-likeness (QED) is 0.671. The summed E-state index contributed by atoms with van der Waals surface area (Å²) >= 11 is 0. The lowest BCUT2D eigenvalue weighted by Gasteiger charge is -2.31. The Labute approximate surface area is 166 Å². The van der Waals surface area contributed by atoms with E-state index in [1.54, 1.807) is 0 Å². The maximum Gasteiger partial charge on any atom is 0.134 e. The molecule has 2 aromatic heterocycles. The highest BCUT2D eigenvalue weighted by Crippen LogP contribution is 2.34. The predicted molar refractivity (Wildman–Crippen MR) is 111 cm³/mol. The third kappa shape index (κ3) is 3.48. The topological polar surface area (TPSA) is 47.1 Å². The van der Waals surface area contributed by atoms with E-state index < -0.39 is 0 Å². The lowest BCUT2D eigenvalue weighted by atomic mass is 9.89. The van der Waals surface area contributed by atoms with Gasteiger partial charge in [-0.25, -0.2) is 0 Å². The summed E-state index contributed by atoms with van der Waals surface area (Å²) in [6, 6.07) is 6.51. The maximum absolute atomic E-state index is 5.81. The van der Waals surface area contributed by atoms with Crippen molar-refractivity contribution in [3.63, 3.8) is 0 Å². The third-order valence-corrected chi connectivity index (χ3v) is 6.62. The van der Waals surface area contributed by atoms with Crippen molar-refractivity contribution >= 4 is 11.0 Å². The fourth-order valence-corrected chi connectivity index (χ4v) is 4.93. The highest BCUT2D eigenvalue weighted by atomic mass is 16.3. The summed E-state index contributed by atoms with van der Waals surface area (Å²) in [5, 5.41) is 10.3. The van der Waals surface area contributed by atoms with E-state index in [9.17, 15) is 0 Å². The highest BCUT2D eigenvalue weighted by Gasteiger charge is 2.24. The van der Waals surface area contributed by atoms with E-state index in [0.717, 1.165) is 44.6 Å². The monoisotopic (exact) mass is 378 g/mol. The maximum atomic E-state index is 5.81. The summed E-state index contributed by atoms with van der Waals surface area (Å²) in [5.41, 5.74) is 3.73. The Morgan fingerprint density at radius 2 is 1.96 bits per heavy atom. The molecule has 1 saturated heterocycles. The fourth-order valence-electron chi connectivity index (χ4n) is 4.93. The number of aryl methyl sites for hydroxylation is 2. The molecule has 28 heavy (non-hydrogen) atoms. The Balaban J connectivity index is 1.20. The molecule has 0 saturated carbocycles. The van der Waals surface area contributed by atoms with E-state index in [4.69, 9.17) is 4.42 Å². The van der Waals surface area contributed by atoms with Crippen LogP contribution in [0.25, 0.3) is 11.0 Å². The molecule has 5 nitrogen and oxygen atoms in total. The van der Waals surface area contributed by atoms with Gasteiger partial charge in [0, 0.05) is 36.9 Å². The summed E-state index contributed by atoms with van der Waals surface area (Å²) < 4.78 is 8.20. The molecule has 5 heteroatoms. The van der Waals surface area contributed by atoms with Crippen molar-refractivity contribution in [1.82, 2.24) is 19.7 Å². The standard InChI is InChI=1S/C23H30N4O/c1-17-6-7-21-19(15-17)20(16-28-21)18-8-12-26(13-9-18)14-10-23-25-24-22-5-3-2-4-11-27(22)23/h6-7,15-16,18H,2-5,8-14H2,1H3. The first-order chi connectivity index (χ1) is 13.8. The van der Waals surface area contributed by atoms with Crippen molar-refractivity contribution in [2.75, 3.05) is 19.6 Å². The summed E-state index contributed by atoms with van der Waals surface area (Å²) in [5.74, 6) is 3.01. The van der Waals surface area contributed by atoms with Gasteiger partial charge in [0.1, 0.15) is 17.2 Å². The smallest absolute Gasteiger partial charge is 0.134 e. The molecule has 2 aliphatic rings. The zero-order valence-electron chi connectivity index (χ0n) is 16.9. The van der Waals surface area contributed by atoms with E-state index in [-0.39, 0.29) is 0 Å². The Hall–Kier alpha value is -2.14. The van der Waals surface area contributed by atoms with Gasteiger partial charge < -0.3 is 13.9 Å². The Morgan fingerprint density at radius 1 is 1.07 bits per heavy atom. The number of aromatic nitrogens is 3. The number of hydrogen-bond acceptors (Lipinski definition) is 4. The molecule has 0 bridgehead atoms. The van der Waals surface area contributed by atoms with Crippen LogP contribution in [0.3, 0.4) is 0 Å². The van der Waals surface area contributed by atoms with Crippen LogP contribution < -0.4 is 0 Å². The number of fused-ring (bicyclic) bond motifs is 2. The van der Waals surface area contributed by atoms with Crippen LogP contribution in [0.2, 0.25) is 0 Å². The molecular formula is C23H30N4O. The van der Waals surface area contributed by atoms with Gasteiger partial charge in [0.25, 0.3) is 0 Å².